The predicted molar refractivity (Wildman–Crippen MR) is 73.0 cm³/mol. The largest absolute Gasteiger partial charge is 0.277 e. The molecule has 21 heavy (non-hydrogen) atoms. The normalized spacial score (nSPS) is 20.2. The third kappa shape index (κ3) is 3.58. The first-order valence-electron chi connectivity index (χ1n) is 6.53. The number of nitrogens with zero attached hydrogens (tertiary/aromatic N) is 1. The molecule has 1 aromatic carbocycles. The maximum atomic E-state index is 12.9. The molecular weight excluding hydrogens is 299 g/mol. The van der Waals surface area contributed by atoms with Gasteiger partial charge in [0.25, 0.3) is 0 Å². The summed E-state index contributed by atoms with van der Waals surface area (Å²) in [6, 6.07) is 4.66. The van der Waals surface area contributed by atoms with Gasteiger partial charge in [0, 0.05) is 13.1 Å². The van der Waals surface area contributed by atoms with Crippen molar-refractivity contribution in [3.63, 3.8) is 0 Å². The summed E-state index contributed by atoms with van der Waals surface area (Å²) in [6.07, 6.45) is 1.19. The van der Waals surface area contributed by atoms with Crippen LogP contribution in [0.1, 0.15) is 12.8 Å². The topological polar surface area (TPSA) is 75.7 Å². The molecule has 8 heteroatoms. The number of sulfonamides is 1. The van der Waals surface area contributed by atoms with E-state index in [-0.39, 0.29) is 17.3 Å². The van der Waals surface area contributed by atoms with Crippen LogP contribution >= 0.6 is 0 Å². The Bertz CT molecular complexity index is 603. The zero-order valence-electron chi connectivity index (χ0n) is 11.6. The Hall–Kier alpha value is -1.51. The van der Waals surface area contributed by atoms with Gasteiger partial charge in [-0.15, -0.1) is 0 Å². The number of benzene rings is 1. The minimum absolute atomic E-state index is 0.0247. The van der Waals surface area contributed by atoms with E-state index in [0.717, 1.165) is 12.1 Å². The van der Waals surface area contributed by atoms with Crippen molar-refractivity contribution in [2.45, 2.75) is 17.7 Å². The lowest BCUT2D eigenvalue weighted by Gasteiger charge is -2.30. The minimum atomic E-state index is -3.71. The second-order valence-corrected chi connectivity index (χ2v) is 6.76. The van der Waals surface area contributed by atoms with Crippen LogP contribution < -0.4 is 5.48 Å². The van der Waals surface area contributed by atoms with Crippen molar-refractivity contribution >= 4 is 15.9 Å². The molecule has 116 valence electrons. The molecule has 0 aromatic heterocycles. The third-order valence-corrected chi connectivity index (χ3v) is 5.29. The fourth-order valence-corrected chi connectivity index (χ4v) is 3.84. The fourth-order valence-electron chi connectivity index (χ4n) is 2.31. The van der Waals surface area contributed by atoms with Gasteiger partial charge in [-0.2, -0.15) is 4.31 Å². The summed E-state index contributed by atoms with van der Waals surface area (Å²) in [7, 11) is -2.39. The summed E-state index contributed by atoms with van der Waals surface area (Å²) >= 11 is 0. The van der Waals surface area contributed by atoms with Crippen molar-refractivity contribution < 1.29 is 22.4 Å². The molecule has 1 aliphatic rings. The van der Waals surface area contributed by atoms with Crippen LogP contribution in [0.15, 0.2) is 29.2 Å². The van der Waals surface area contributed by atoms with Gasteiger partial charge in [0.15, 0.2) is 0 Å². The van der Waals surface area contributed by atoms with Gasteiger partial charge < -0.3 is 0 Å². The molecule has 2 rings (SSSR count). The number of carbonyl (C=O) groups is 1. The summed E-state index contributed by atoms with van der Waals surface area (Å²) in [4.78, 5) is 16.3. The van der Waals surface area contributed by atoms with Gasteiger partial charge in [-0.1, -0.05) is 0 Å². The summed E-state index contributed by atoms with van der Waals surface area (Å²) in [6.45, 7) is 0.436. The predicted octanol–water partition coefficient (Wildman–Crippen LogP) is 0.904. The lowest BCUT2D eigenvalue weighted by Crippen LogP contribution is -2.45. The highest BCUT2D eigenvalue weighted by Crippen LogP contribution is 2.24. The van der Waals surface area contributed by atoms with E-state index in [1.807, 2.05) is 0 Å². The maximum Gasteiger partial charge on any atom is 0.247 e. The van der Waals surface area contributed by atoms with Crippen molar-refractivity contribution in [3.05, 3.63) is 30.1 Å². The fraction of sp³-hybridized carbons (Fsp3) is 0.462. The van der Waals surface area contributed by atoms with Gasteiger partial charge in [0.2, 0.25) is 15.9 Å². The molecule has 1 fully saturated rings. The molecule has 0 spiro atoms. The highest BCUT2D eigenvalue weighted by Gasteiger charge is 2.33. The lowest BCUT2D eigenvalue weighted by atomic mass is 9.99. The molecule has 1 amide bonds. The number of amides is 1. The average molecular weight is 316 g/mol. The summed E-state index contributed by atoms with van der Waals surface area (Å²) in [5, 5.41) is 0. The van der Waals surface area contributed by atoms with Crippen molar-refractivity contribution in [2.24, 2.45) is 5.92 Å². The first kappa shape index (κ1) is 15.9. The Labute approximate surface area is 122 Å². The van der Waals surface area contributed by atoms with E-state index >= 15 is 0 Å². The van der Waals surface area contributed by atoms with Gasteiger partial charge >= 0.3 is 0 Å². The van der Waals surface area contributed by atoms with Crippen molar-refractivity contribution in [3.8, 4) is 0 Å². The highest BCUT2D eigenvalue weighted by atomic mass is 32.2. The highest BCUT2D eigenvalue weighted by molar-refractivity contribution is 7.89. The molecular formula is C13H17FN2O4S. The molecule has 0 saturated carbocycles. The van der Waals surface area contributed by atoms with E-state index in [9.17, 15) is 17.6 Å². The number of rotatable bonds is 4. The van der Waals surface area contributed by atoms with Crippen molar-refractivity contribution in [2.75, 3.05) is 20.2 Å². The Kier molecular flexibility index (Phi) is 4.92. The number of hydrogen-bond acceptors (Lipinski definition) is 4. The van der Waals surface area contributed by atoms with Crippen LogP contribution in [0.4, 0.5) is 4.39 Å². The zero-order chi connectivity index (χ0) is 15.5. The molecule has 0 aliphatic carbocycles. The number of halogens is 1. The van der Waals surface area contributed by atoms with Crippen LogP contribution in [-0.2, 0) is 19.7 Å². The van der Waals surface area contributed by atoms with E-state index in [1.165, 1.54) is 23.5 Å². The molecule has 1 atom stereocenters. The molecule has 6 nitrogen and oxygen atoms in total. The molecule has 1 aromatic rings. The molecule has 0 bridgehead atoms. The Morgan fingerprint density at radius 3 is 2.67 bits per heavy atom. The van der Waals surface area contributed by atoms with E-state index in [2.05, 4.69) is 10.3 Å². The second kappa shape index (κ2) is 6.50. The molecule has 1 unspecified atom stereocenters. The number of piperidine rings is 1. The summed E-state index contributed by atoms with van der Waals surface area (Å²) in [5.74, 6) is -1.28. The second-order valence-electron chi connectivity index (χ2n) is 4.83. The van der Waals surface area contributed by atoms with Crippen molar-refractivity contribution in [1.29, 1.82) is 0 Å². The Balaban J connectivity index is 2.16. The number of hydroxylamine groups is 1. The van der Waals surface area contributed by atoms with Crippen LogP contribution in [-0.4, -0.2) is 38.8 Å². The van der Waals surface area contributed by atoms with Crippen LogP contribution in [0.5, 0.6) is 0 Å². The van der Waals surface area contributed by atoms with Crippen molar-refractivity contribution in [1.82, 2.24) is 9.79 Å². The smallest absolute Gasteiger partial charge is 0.247 e. The number of hydrogen-bond donors (Lipinski definition) is 1. The minimum Gasteiger partial charge on any atom is -0.277 e. The van der Waals surface area contributed by atoms with E-state index in [1.54, 1.807) is 0 Å². The molecule has 1 heterocycles. The standard InChI is InChI=1S/C13H17FN2O4S/c1-20-15-13(17)10-3-2-8-16(9-10)21(18,19)12-6-4-11(14)5-7-12/h4-7,10H,2-3,8-9H2,1H3,(H,15,17). The monoisotopic (exact) mass is 316 g/mol. The van der Waals surface area contributed by atoms with Crippen LogP contribution in [0, 0.1) is 11.7 Å². The molecule has 1 aliphatic heterocycles. The summed E-state index contributed by atoms with van der Waals surface area (Å²) in [5.41, 5.74) is 2.22. The third-order valence-electron chi connectivity index (χ3n) is 3.41. The van der Waals surface area contributed by atoms with Gasteiger partial charge in [0.05, 0.1) is 17.9 Å². The molecule has 0 radical (unpaired) electrons. The number of carbonyl (C=O) groups excluding carboxylic acids is 1. The average Bonchev–Trinajstić information content (AvgIpc) is 2.48. The lowest BCUT2D eigenvalue weighted by molar-refractivity contribution is -0.136. The molecule has 1 N–H and O–H groups in total. The van der Waals surface area contributed by atoms with E-state index < -0.39 is 21.8 Å². The van der Waals surface area contributed by atoms with E-state index in [0.29, 0.717) is 19.4 Å². The zero-order valence-corrected chi connectivity index (χ0v) is 12.4. The summed E-state index contributed by atoms with van der Waals surface area (Å²) < 4.78 is 39.1. The SMILES string of the molecule is CONC(=O)C1CCCN(S(=O)(=O)c2ccc(F)cc2)C1. The van der Waals surface area contributed by atoms with Gasteiger partial charge in [-0.3, -0.25) is 9.63 Å². The Morgan fingerprint density at radius 2 is 2.05 bits per heavy atom. The molecule has 1 saturated heterocycles. The maximum absolute atomic E-state index is 12.9. The van der Waals surface area contributed by atoms with Crippen LogP contribution in [0.25, 0.3) is 0 Å². The Morgan fingerprint density at radius 1 is 1.38 bits per heavy atom. The van der Waals surface area contributed by atoms with Gasteiger partial charge in [-0.05, 0) is 37.1 Å². The number of nitrogens with one attached hydrogen (secondary N) is 1. The van der Waals surface area contributed by atoms with Crippen LogP contribution in [0.2, 0.25) is 0 Å². The van der Waals surface area contributed by atoms with Crippen LogP contribution in [0.3, 0.4) is 0 Å². The van der Waals surface area contributed by atoms with Gasteiger partial charge in [-0.25, -0.2) is 18.3 Å². The van der Waals surface area contributed by atoms with Gasteiger partial charge in [0.1, 0.15) is 5.82 Å². The quantitative estimate of drug-likeness (QED) is 0.838. The first-order chi connectivity index (χ1) is 9.95. The first-order valence-corrected chi connectivity index (χ1v) is 7.97. The van der Waals surface area contributed by atoms with E-state index in [4.69, 9.17) is 0 Å².